The highest BCUT2D eigenvalue weighted by molar-refractivity contribution is 9.10. The predicted octanol–water partition coefficient (Wildman–Crippen LogP) is 7.26. The minimum atomic E-state index is -0.537. The summed E-state index contributed by atoms with van der Waals surface area (Å²) in [6, 6.07) is 17.0. The molecule has 0 radical (unpaired) electrons. The summed E-state index contributed by atoms with van der Waals surface area (Å²) in [6.07, 6.45) is 1.58. The molecule has 6 nitrogen and oxygen atoms in total. The molecule has 36 heavy (non-hydrogen) atoms. The Kier molecular flexibility index (Phi) is 8.41. The van der Waals surface area contributed by atoms with E-state index >= 15 is 0 Å². The highest BCUT2D eigenvalue weighted by atomic mass is 79.9. The zero-order valence-corrected chi connectivity index (χ0v) is 22.7. The van der Waals surface area contributed by atoms with Crippen LogP contribution in [-0.4, -0.2) is 35.5 Å². The predicted molar refractivity (Wildman–Crippen MR) is 145 cm³/mol. The summed E-state index contributed by atoms with van der Waals surface area (Å²) in [5.74, 6) is 0.0419. The number of Topliss-reactive ketones (excluding diaryl/α,β-unsaturated/α-hetero) is 1. The van der Waals surface area contributed by atoms with Gasteiger partial charge in [-0.2, -0.15) is 0 Å². The molecule has 4 rings (SSSR count). The number of imide groups is 1. The molecule has 0 unspecified atom stereocenters. The summed E-state index contributed by atoms with van der Waals surface area (Å²) >= 11 is 16.1. The number of carbonyl (C=O) groups excluding carboxylic acids is 3. The maximum absolute atomic E-state index is 12.9. The zero-order valence-electron chi connectivity index (χ0n) is 18.8. The maximum Gasteiger partial charge on any atom is 0.293 e. The van der Waals surface area contributed by atoms with Crippen molar-refractivity contribution in [3.8, 4) is 11.5 Å². The molecular weight excluding hydrogens is 589 g/mol. The Morgan fingerprint density at radius 1 is 1.03 bits per heavy atom. The van der Waals surface area contributed by atoms with E-state index in [1.807, 2.05) is 12.1 Å². The third-order valence-electron chi connectivity index (χ3n) is 5.19. The fourth-order valence-corrected chi connectivity index (χ4v) is 5.02. The third-order valence-corrected chi connectivity index (χ3v) is 7.19. The molecule has 2 amide bonds. The lowest BCUT2D eigenvalue weighted by Crippen LogP contribution is -2.33. The van der Waals surface area contributed by atoms with Crippen LogP contribution < -0.4 is 9.47 Å². The normalized spacial score (nSPS) is 14.4. The molecule has 1 aliphatic rings. The lowest BCUT2D eigenvalue weighted by molar-refractivity contribution is -0.122. The van der Waals surface area contributed by atoms with Crippen LogP contribution in [0.4, 0.5) is 4.79 Å². The molecule has 0 aliphatic carbocycles. The first-order valence-electron chi connectivity index (χ1n) is 10.5. The van der Waals surface area contributed by atoms with E-state index in [0.717, 1.165) is 22.2 Å². The highest BCUT2D eigenvalue weighted by Crippen LogP contribution is 2.39. The van der Waals surface area contributed by atoms with Gasteiger partial charge in [0, 0.05) is 15.6 Å². The van der Waals surface area contributed by atoms with Crippen LogP contribution in [0, 0.1) is 0 Å². The van der Waals surface area contributed by atoms with Crippen molar-refractivity contribution in [3.63, 3.8) is 0 Å². The number of methoxy groups -OCH3 is 1. The SMILES string of the molecule is COc1cc(/C=C2/SC(=O)N(CC(=O)c3ccc(Cl)cc3)C2=O)cc(Br)c1OCc1ccc(Cl)cc1. The first-order valence-corrected chi connectivity index (χ1v) is 12.9. The molecule has 3 aromatic carbocycles. The Bertz CT molecular complexity index is 1360. The second kappa shape index (κ2) is 11.5. The number of halogens is 3. The van der Waals surface area contributed by atoms with Crippen LogP contribution in [0.5, 0.6) is 11.5 Å². The first kappa shape index (κ1) is 26.3. The van der Waals surface area contributed by atoms with E-state index in [2.05, 4.69) is 15.9 Å². The largest absolute Gasteiger partial charge is 0.493 e. The number of ketones is 1. The van der Waals surface area contributed by atoms with Crippen molar-refractivity contribution in [1.29, 1.82) is 0 Å². The molecular formula is C26H18BrCl2NO5S. The van der Waals surface area contributed by atoms with Crippen molar-refractivity contribution in [2.45, 2.75) is 6.61 Å². The second-order valence-electron chi connectivity index (χ2n) is 7.65. The van der Waals surface area contributed by atoms with Crippen LogP contribution in [-0.2, 0) is 11.4 Å². The van der Waals surface area contributed by atoms with Crippen molar-refractivity contribution in [2.24, 2.45) is 0 Å². The van der Waals surface area contributed by atoms with Gasteiger partial charge in [-0.15, -0.1) is 0 Å². The molecule has 0 aromatic heterocycles. The molecule has 10 heteroatoms. The van der Waals surface area contributed by atoms with E-state index in [1.165, 1.54) is 7.11 Å². The van der Waals surface area contributed by atoms with Crippen LogP contribution in [0.3, 0.4) is 0 Å². The van der Waals surface area contributed by atoms with Gasteiger partial charge in [-0.3, -0.25) is 19.3 Å². The van der Waals surface area contributed by atoms with Crippen LogP contribution in [0.1, 0.15) is 21.5 Å². The maximum atomic E-state index is 12.9. The average molecular weight is 607 g/mol. The van der Waals surface area contributed by atoms with Gasteiger partial charge in [0.25, 0.3) is 11.1 Å². The summed E-state index contributed by atoms with van der Waals surface area (Å²) in [5, 5.41) is 0.617. The number of thioether (sulfide) groups is 1. The number of carbonyl (C=O) groups is 3. The third kappa shape index (κ3) is 6.13. The molecule has 184 valence electrons. The molecule has 3 aromatic rings. The van der Waals surface area contributed by atoms with Crippen molar-refractivity contribution in [2.75, 3.05) is 13.7 Å². The summed E-state index contributed by atoms with van der Waals surface area (Å²) < 4.78 is 12.0. The van der Waals surface area contributed by atoms with E-state index in [0.29, 0.717) is 43.8 Å². The molecule has 1 fully saturated rings. The minimum Gasteiger partial charge on any atom is -0.493 e. The zero-order chi connectivity index (χ0) is 25.8. The van der Waals surface area contributed by atoms with Gasteiger partial charge in [-0.1, -0.05) is 35.3 Å². The van der Waals surface area contributed by atoms with Crippen molar-refractivity contribution < 1.29 is 23.9 Å². The Hall–Kier alpha value is -2.78. The summed E-state index contributed by atoms with van der Waals surface area (Å²) in [7, 11) is 1.51. The highest BCUT2D eigenvalue weighted by Gasteiger charge is 2.36. The molecule has 0 spiro atoms. The standard InChI is InChI=1S/C26H18BrCl2NO5S/c1-34-22-11-16(10-20(27)24(22)35-14-15-2-6-18(28)7-3-15)12-23-25(32)30(26(33)36-23)13-21(31)17-4-8-19(29)9-5-17/h2-12H,13-14H2,1H3/b23-12+. The molecule has 0 bridgehead atoms. The minimum absolute atomic E-state index is 0.202. The van der Waals surface area contributed by atoms with E-state index < -0.39 is 11.1 Å². The van der Waals surface area contributed by atoms with Crippen LogP contribution in [0.15, 0.2) is 70.0 Å². The van der Waals surface area contributed by atoms with Gasteiger partial charge in [-0.05, 0) is 93.4 Å². The van der Waals surface area contributed by atoms with Crippen molar-refractivity contribution >= 4 is 73.9 Å². The Balaban J connectivity index is 1.50. The van der Waals surface area contributed by atoms with Crippen molar-refractivity contribution in [3.05, 3.63) is 96.8 Å². The second-order valence-corrected chi connectivity index (χ2v) is 10.4. The van der Waals surface area contributed by atoms with Crippen LogP contribution in [0.25, 0.3) is 6.08 Å². The van der Waals surface area contributed by atoms with Crippen molar-refractivity contribution in [1.82, 2.24) is 4.90 Å². The number of benzene rings is 3. The fourth-order valence-electron chi connectivity index (χ4n) is 3.36. The number of ether oxygens (including phenoxy) is 2. The monoisotopic (exact) mass is 605 g/mol. The number of amides is 2. The van der Waals surface area contributed by atoms with E-state index in [1.54, 1.807) is 54.6 Å². The van der Waals surface area contributed by atoms with E-state index in [9.17, 15) is 14.4 Å². The Morgan fingerprint density at radius 2 is 1.67 bits per heavy atom. The smallest absolute Gasteiger partial charge is 0.293 e. The average Bonchev–Trinajstić information content (AvgIpc) is 3.11. The number of hydrogen-bond donors (Lipinski definition) is 0. The van der Waals surface area contributed by atoms with E-state index in [4.69, 9.17) is 32.7 Å². The molecule has 0 saturated carbocycles. The molecule has 0 N–H and O–H groups in total. The lowest BCUT2D eigenvalue weighted by Gasteiger charge is -2.14. The van der Waals surface area contributed by atoms with Crippen LogP contribution in [0.2, 0.25) is 10.0 Å². The first-order chi connectivity index (χ1) is 17.2. The van der Waals surface area contributed by atoms with E-state index in [-0.39, 0.29) is 17.2 Å². The van der Waals surface area contributed by atoms with Crippen LogP contribution >= 0.6 is 50.9 Å². The molecule has 1 saturated heterocycles. The fraction of sp³-hybridized carbons (Fsp3) is 0.115. The van der Waals surface area contributed by atoms with Gasteiger partial charge in [-0.25, -0.2) is 0 Å². The Labute approximate surface area is 230 Å². The van der Waals surface area contributed by atoms with Gasteiger partial charge < -0.3 is 9.47 Å². The Morgan fingerprint density at radius 3 is 2.31 bits per heavy atom. The summed E-state index contributed by atoms with van der Waals surface area (Å²) in [5.41, 5.74) is 1.91. The number of hydrogen-bond acceptors (Lipinski definition) is 6. The lowest BCUT2D eigenvalue weighted by atomic mass is 10.1. The number of nitrogens with zero attached hydrogens (tertiary/aromatic N) is 1. The van der Waals surface area contributed by atoms with Gasteiger partial charge in [0.2, 0.25) is 0 Å². The summed E-state index contributed by atoms with van der Waals surface area (Å²) in [6.45, 7) is -0.0554. The molecule has 1 heterocycles. The molecule has 1 aliphatic heterocycles. The summed E-state index contributed by atoms with van der Waals surface area (Å²) in [4.78, 5) is 39.1. The van der Waals surface area contributed by atoms with Gasteiger partial charge in [0.15, 0.2) is 17.3 Å². The number of rotatable bonds is 8. The van der Waals surface area contributed by atoms with Gasteiger partial charge in [0.05, 0.1) is 23.0 Å². The molecule has 0 atom stereocenters. The topological polar surface area (TPSA) is 72.9 Å². The van der Waals surface area contributed by atoms with Gasteiger partial charge >= 0.3 is 0 Å². The van der Waals surface area contributed by atoms with Gasteiger partial charge in [0.1, 0.15) is 6.61 Å². The quantitative estimate of drug-likeness (QED) is 0.198.